The molecule has 0 saturated heterocycles. The molecule has 3 aromatic rings. The summed E-state index contributed by atoms with van der Waals surface area (Å²) in [5, 5.41) is 3.50. The molecule has 1 aromatic heterocycles. The monoisotopic (exact) mass is 367 g/mol. The van der Waals surface area contributed by atoms with Crippen molar-refractivity contribution in [2.24, 2.45) is 0 Å². The van der Waals surface area contributed by atoms with E-state index in [1.165, 1.54) is 12.1 Å². The molecule has 0 aliphatic carbocycles. The number of rotatable bonds is 2. The molecule has 1 heterocycles. The number of hydrogen-bond acceptors (Lipinski definition) is 2. The summed E-state index contributed by atoms with van der Waals surface area (Å²) in [6.45, 7) is 0. The number of carbonyl (C=O) groups is 1. The van der Waals surface area contributed by atoms with Crippen LogP contribution in [0, 0.1) is 5.82 Å². The molecular weight excluding hydrogens is 361 g/mol. The molecule has 0 unspecified atom stereocenters. The maximum atomic E-state index is 13.7. The Hall–Kier alpha value is -1.85. The number of benzene rings is 2. The number of carbonyl (C=O) groups excluding carboxylic acids is 1. The summed E-state index contributed by atoms with van der Waals surface area (Å²) < 4.78 is 19.9. The van der Waals surface area contributed by atoms with E-state index in [0.717, 1.165) is 15.9 Å². The Morgan fingerprint density at radius 3 is 2.76 bits per heavy atom. The Bertz CT molecular complexity index is 847. The van der Waals surface area contributed by atoms with E-state index in [1.54, 1.807) is 6.07 Å². The van der Waals surface area contributed by atoms with E-state index in [-0.39, 0.29) is 16.5 Å². The van der Waals surface area contributed by atoms with Gasteiger partial charge in [0.25, 0.3) is 5.91 Å². The van der Waals surface area contributed by atoms with Gasteiger partial charge in [0.15, 0.2) is 5.76 Å². The third-order valence-electron chi connectivity index (χ3n) is 2.90. The molecule has 3 rings (SSSR count). The summed E-state index contributed by atoms with van der Waals surface area (Å²) in [5.41, 5.74) is 0.614. The van der Waals surface area contributed by atoms with Gasteiger partial charge >= 0.3 is 0 Å². The molecule has 3 nitrogen and oxygen atoms in total. The van der Waals surface area contributed by atoms with E-state index in [1.807, 2.05) is 18.2 Å². The van der Waals surface area contributed by atoms with Crippen LogP contribution in [0.25, 0.3) is 11.0 Å². The molecule has 0 spiro atoms. The quantitative estimate of drug-likeness (QED) is 0.672. The Labute approximate surface area is 132 Å². The topological polar surface area (TPSA) is 42.2 Å². The number of hydrogen-bond donors (Lipinski definition) is 1. The lowest BCUT2D eigenvalue weighted by Gasteiger charge is -2.04. The van der Waals surface area contributed by atoms with Crippen LogP contribution < -0.4 is 5.32 Å². The maximum Gasteiger partial charge on any atom is 0.291 e. The number of para-hydroxylation sites is 1. The number of amides is 1. The largest absolute Gasteiger partial charge is 0.450 e. The van der Waals surface area contributed by atoms with Crippen LogP contribution in [0.2, 0.25) is 5.02 Å². The second-order valence-corrected chi connectivity index (χ2v) is 5.64. The second kappa shape index (κ2) is 5.50. The van der Waals surface area contributed by atoms with Gasteiger partial charge in [-0.05, 0) is 46.3 Å². The van der Waals surface area contributed by atoms with Gasteiger partial charge in [-0.25, -0.2) is 4.39 Å². The number of fused-ring (bicyclic) bond motifs is 1. The van der Waals surface area contributed by atoms with E-state index in [9.17, 15) is 9.18 Å². The molecule has 1 amide bonds. The van der Waals surface area contributed by atoms with Crippen LogP contribution >= 0.6 is 27.5 Å². The first kappa shape index (κ1) is 14.1. The normalized spacial score (nSPS) is 10.8. The van der Waals surface area contributed by atoms with Gasteiger partial charge in [-0.1, -0.05) is 23.7 Å². The van der Waals surface area contributed by atoms with Crippen LogP contribution in [0.5, 0.6) is 0 Å². The fourth-order valence-electron chi connectivity index (χ4n) is 1.91. The molecule has 0 fully saturated rings. The lowest BCUT2D eigenvalue weighted by Crippen LogP contribution is -2.11. The molecule has 0 aliphatic heterocycles. The Kier molecular flexibility index (Phi) is 3.69. The van der Waals surface area contributed by atoms with E-state index >= 15 is 0 Å². The van der Waals surface area contributed by atoms with Gasteiger partial charge in [0.1, 0.15) is 11.4 Å². The van der Waals surface area contributed by atoms with Crippen LogP contribution in [0.4, 0.5) is 10.1 Å². The summed E-state index contributed by atoms with van der Waals surface area (Å²) in [6, 6.07) is 11.1. The summed E-state index contributed by atoms with van der Waals surface area (Å²) in [6.07, 6.45) is 0. The average molecular weight is 369 g/mol. The van der Waals surface area contributed by atoms with Gasteiger partial charge < -0.3 is 9.73 Å². The van der Waals surface area contributed by atoms with E-state index in [0.29, 0.717) is 5.58 Å². The van der Waals surface area contributed by atoms with Crippen molar-refractivity contribution < 1.29 is 13.6 Å². The van der Waals surface area contributed by atoms with Crippen molar-refractivity contribution in [2.75, 3.05) is 5.32 Å². The lowest BCUT2D eigenvalue weighted by molar-refractivity contribution is 0.0998. The fourth-order valence-corrected chi connectivity index (χ4v) is 2.54. The molecule has 0 radical (unpaired) electrons. The predicted molar refractivity (Wildman–Crippen MR) is 83.3 cm³/mol. The first-order valence-corrected chi connectivity index (χ1v) is 7.16. The molecule has 0 saturated carbocycles. The minimum Gasteiger partial charge on any atom is -0.450 e. The van der Waals surface area contributed by atoms with Gasteiger partial charge in [0, 0.05) is 10.4 Å². The average Bonchev–Trinajstić information content (AvgIpc) is 2.87. The number of nitrogens with one attached hydrogen (secondary N) is 1. The zero-order valence-corrected chi connectivity index (χ0v) is 12.8. The third kappa shape index (κ3) is 2.80. The minimum atomic E-state index is -0.604. The maximum absolute atomic E-state index is 13.7. The van der Waals surface area contributed by atoms with Crippen molar-refractivity contribution in [1.29, 1.82) is 0 Å². The molecule has 2 aromatic carbocycles. The van der Waals surface area contributed by atoms with Gasteiger partial charge in [-0.2, -0.15) is 0 Å². The zero-order valence-electron chi connectivity index (χ0n) is 10.5. The molecule has 0 aliphatic rings. The van der Waals surface area contributed by atoms with E-state index < -0.39 is 11.7 Å². The molecule has 1 N–H and O–H groups in total. The number of furan rings is 1. The van der Waals surface area contributed by atoms with Crippen LogP contribution in [-0.2, 0) is 0 Å². The minimum absolute atomic E-state index is 0.0453. The number of anilines is 1. The first-order chi connectivity index (χ1) is 10.0. The highest BCUT2D eigenvalue weighted by Gasteiger charge is 2.15. The smallest absolute Gasteiger partial charge is 0.291 e. The molecule has 6 heteroatoms. The van der Waals surface area contributed by atoms with Crippen LogP contribution in [0.1, 0.15) is 10.6 Å². The van der Waals surface area contributed by atoms with Gasteiger partial charge in [0.05, 0.1) is 10.2 Å². The third-order valence-corrected chi connectivity index (χ3v) is 3.76. The Morgan fingerprint density at radius 1 is 1.24 bits per heavy atom. The van der Waals surface area contributed by atoms with Gasteiger partial charge in [-0.15, -0.1) is 0 Å². The van der Waals surface area contributed by atoms with Crippen molar-refractivity contribution in [3.8, 4) is 0 Å². The van der Waals surface area contributed by atoms with Crippen molar-refractivity contribution in [1.82, 2.24) is 0 Å². The van der Waals surface area contributed by atoms with Gasteiger partial charge in [0.2, 0.25) is 0 Å². The van der Waals surface area contributed by atoms with Crippen molar-refractivity contribution in [3.63, 3.8) is 0 Å². The number of halogens is 3. The second-order valence-electron chi connectivity index (χ2n) is 4.35. The van der Waals surface area contributed by atoms with Gasteiger partial charge in [-0.3, -0.25) is 4.79 Å². The molecule has 0 bridgehead atoms. The predicted octanol–water partition coefficient (Wildman–Crippen LogP) is 5.24. The standard InChI is InChI=1S/C15H8BrClFNO2/c16-10-3-1-2-8-6-13(21-14(8)10)15(20)19-12-5-4-9(17)7-11(12)18/h1-7H,(H,19,20). The fraction of sp³-hybridized carbons (Fsp3) is 0. The molecule has 0 atom stereocenters. The zero-order chi connectivity index (χ0) is 15.0. The summed E-state index contributed by atoms with van der Waals surface area (Å²) in [7, 11) is 0. The lowest BCUT2D eigenvalue weighted by atomic mass is 10.2. The SMILES string of the molecule is O=C(Nc1ccc(Cl)cc1F)c1cc2cccc(Br)c2o1. The van der Waals surface area contributed by atoms with Crippen LogP contribution in [0.15, 0.2) is 51.4 Å². The summed E-state index contributed by atoms with van der Waals surface area (Å²) in [4.78, 5) is 12.1. The molecule has 21 heavy (non-hydrogen) atoms. The van der Waals surface area contributed by atoms with Crippen LogP contribution in [0.3, 0.4) is 0 Å². The Balaban J connectivity index is 1.92. The first-order valence-electron chi connectivity index (χ1n) is 5.99. The van der Waals surface area contributed by atoms with Crippen molar-refractivity contribution in [2.45, 2.75) is 0 Å². The highest BCUT2D eigenvalue weighted by molar-refractivity contribution is 9.10. The Morgan fingerprint density at radius 2 is 2.05 bits per heavy atom. The molecule has 106 valence electrons. The highest BCUT2D eigenvalue weighted by Crippen LogP contribution is 2.27. The van der Waals surface area contributed by atoms with Crippen molar-refractivity contribution >= 4 is 50.1 Å². The summed E-state index contributed by atoms with van der Waals surface area (Å²) >= 11 is 9.01. The van der Waals surface area contributed by atoms with E-state index in [2.05, 4.69) is 21.2 Å². The summed E-state index contributed by atoms with van der Waals surface area (Å²) in [5.74, 6) is -1.03. The highest BCUT2D eigenvalue weighted by atomic mass is 79.9. The van der Waals surface area contributed by atoms with E-state index in [4.69, 9.17) is 16.0 Å². The molecular formula is C15H8BrClFNO2. The van der Waals surface area contributed by atoms with Crippen molar-refractivity contribution in [3.05, 3.63) is 63.5 Å². The van der Waals surface area contributed by atoms with Crippen LogP contribution in [-0.4, -0.2) is 5.91 Å².